The molecule has 0 rings (SSSR count). The molecule has 1 unspecified atom stereocenters. The molecule has 0 heterocycles. The number of carboxylic acids is 1. The molecule has 7 heteroatoms. The van der Waals surface area contributed by atoms with Gasteiger partial charge in [0.1, 0.15) is 6.04 Å². The Morgan fingerprint density at radius 3 is 2.36 bits per heavy atom. The lowest BCUT2D eigenvalue weighted by Gasteiger charge is -2.12. The summed E-state index contributed by atoms with van der Waals surface area (Å²) in [5, 5.41) is 8.61. The second-order valence-electron chi connectivity index (χ2n) is 2.81. The van der Waals surface area contributed by atoms with Crippen LogP contribution in [0.3, 0.4) is 0 Å². The van der Waals surface area contributed by atoms with Crippen LogP contribution in [0, 0.1) is 0 Å². The predicted octanol–water partition coefficient (Wildman–Crippen LogP) is -0.316. The fourth-order valence-electron chi connectivity index (χ4n) is 0.774. The van der Waals surface area contributed by atoms with E-state index in [0.717, 1.165) is 0 Å². The minimum absolute atomic E-state index is 0.211. The highest BCUT2D eigenvalue weighted by Crippen LogP contribution is 1.93. The number of nitrogens with one attached hydrogen (secondary N) is 2. The SMILES string of the molecule is CCCNS(=O)(=O)NC(CC)C(=O)O. The number of hydrogen-bond acceptors (Lipinski definition) is 3. The van der Waals surface area contributed by atoms with Gasteiger partial charge in [-0.2, -0.15) is 13.1 Å². The molecule has 84 valence electrons. The Hall–Kier alpha value is -0.660. The first-order valence-electron chi connectivity index (χ1n) is 4.42. The number of hydrogen-bond donors (Lipinski definition) is 3. The van der Waals surface area contributed by atoms with Crippen LogP contribution >= 0.6 is 0 Å². The third-order valence-electron chi connectivity index (χ3n) is 1.55. The van der Waals surface area contributed by atoms with Gasteiger partial charge in [0.15, 0.2) is 0 Å². The van der Waals surface area contributed by atoms with Gasteiger partial charge >= 0.3 is 5.97 Å². The van der Waals surface area contributed by atoms with Gasteiger partial charge in [-0.15, -0.1) is 0 Å². The van der Waals surface area contributed by atoms with Crippen LogP contribution in [-0.4, -0.2) is 32.1 Å². The summed E-state index contributed by atoms with van der Waals surface area (Å²) in [6.45, 7) is 3.71. The molecular weight excluding hydrogens is 208 g/mol. The van der Waals surface area contributed by atoms with Crippen molar-refractivity contribution >= 4 is 16.2 Å². The zero-order chi connectivity index (χ0) is 11.2. The Morgan fingerprint density at radius 1 is 1.43 bits per heavy atom. The van der Waals surface area contributed by atoms with Crippen molar-refractivity contribution in [3.05, 3.63) is 0 Å². The highest BCUT2D eigenvalue weighted by Gasteiger charge is 2.21. The van der Waals surface area contributed by atoms with E-state index in [9.17, 15) is 13.2 Å². The smallest absolute Gasteiger partial charge is 0.321 e. The van der Waals surface area contributed by atoms with E-state index in [4.69, 9.17) is 5.11 Å². The Kier molecular flexibility index (Phi) is 5.66. The number of carbonyl (C=O) groups is 1. The normalized spacial score (nSPS) is 13.9. The molecule has 0 aliphatic rings. The molecule has 1 atom stereocenters. The van der Waals surface area contributed by atoms with E-state index in [1.54, 1.807) is 6.92 Å². The monoisotopic (exact) mass is 224 g/mol. The van der Waals surface area contributed by atoms with Crippen molar-refractivity contribution in [3.8, 4) is 0 Å². The molecule has 0 aromatic carbocycles. The van der Waals surface area contributed by atoms with Gasteiger partial charge in [-0.1, -0.05) is 13.8 Å². The second-order valence-corrected chi connectivity index (χ2v) is 4.35. The summed E-state index contributed by atoms with van der Waals surface area (Å²) >= 11 is 0. The molecule has 3 N–H and O–H groups in total. The summed E-state index contributed by atoms with van der Waals surface area (Å²) in [6, 6.07) is -1.07. The third kappa shape index (κ3) is 5.15. The van der Waals surface area contributed by atoms with Gasteiger partial charge in [0.25, 0.3) is 10.2 Å². The molecule has 0 amide bonds. The van der Waals surface area contributed by atoms with Gasteiger partial charge in [-0.05, 0) is 12.8 Å². The largest absolute Gasteiger partial charge is 0.480 e. The molecule has 0 aromatic heterocycles. The summed E-state index contributed by atoms with van der Waals surface area (Å²) in [7, 11) is -3.68. The Labute approximate surface area is 83.9 Å². The number of aliphatic carboxylic acids is 1. The Morgan fingerprint density at radius 2 is 2.00 bits per heavy atom. The molecule has 0 spiro atoms. The van der Waals surface area contributed by atoms with E-state index in [0.29, 0.717) is 13.0 Å². The molecule has 0 aliphatic heterocycles. The molecule has 14 heavy (non-hydrogen) atoms. The fraction of sp³-hybridized carbons (Fsp3) is 0.857. The van der Waals surface area contributed by atoms with Crippen LogP contribution in [-0.2, 0) is 15.0 Å². The molecule has 0 aromatic rings. The molecule has 6 nitrogen and oxygen atoms in total. The summed E-state index contributed by atoms with van der Waals surface area (Å²) in [4.78, 5) is 10.5. The fourth-order valence-corrected chi connectivity index (χ4v) is 1.97. The minimum atomic E-state index is -3.68. The van der Waals surface area contributed by atoms with Gasteiger partial charge in [0.05, 0.1) is 0 Å². The summed E-state index contributed by atoms with van der Waals surface area (Å²) in [5.41, 5.74) is 0. The van der Waals surface area contributed by atoms with E-state index in [-0.39, 0.29) is 6.42 Å². The lowest BCUT2D eigenvalue weighted by molar-refractivity contribution is -0.139. The van der Waals surface area contributed by atoms with Crippen LogP contribution in [0.1, 0.15) is 26.7 Å². The zero-order valence-electron chi connectivity index (χ0n) is 8.28. The van der Waals surface area contributed by atoms with Crippen molar-refractivity contribution in [1.82, 2.24) is 9.44 Å². The lowest BCUT2D eigenvalue weighted by Crippen LogP contribution is -2.46. The maximum Gasteiger partial charge on any atom is 0.321 e. The van der Waals surface area contributed by atoms with E-state index < -0.39 is 22.2 Å². The Balaban J connectivity index is 4.26. The highest BCUT2D eigenvalue weighted by atomic mass is 32.2. The Bertz CT molecular complexity index is 275. The molecule has 0 aliphatic carbocycles. The standard InChI is InChI=1S/C7H16N2O4S/c1-3-5-8-14(12,13)9-6(4-2)7(10)11/h6,8-9H,3-5H2,1-2H3,(H,10,11). The van der Waals surface area contributed by atoms with Crippen molar-refractivity contribution < 1.29 is 18.3 Å². The average molecular weight is 224 g/mol. The van der Waals surface area contributed by atoms with Crippen molar-refractivity contribution in [1.29, 1.82) is 0 Å². The topological polar surface area (TPSA) is 95.5 Å². The van der Waals surface area contributed by atoms with Crippen molar-refractivity contribution in [2.24, 2.45) is 0 Å². The summed E-state index contributed by atoms with van der Waals surface area (Å²) < 4.78 is 26.6. The van der Waals surface area contributed by atoms with Crippen molar-refractivity contribution in [3.63, 3.8) is 0 Å². The van der Waals surface area contributed by atoms with Crippen LogP contribution in [0.15, 0.2) is 0 Å². The van der Waals surface area contributed by atoms with Crippen LogP contribution in [0.5, 0.6) is 0 Å². The summed E-state index contributed by atoms with van der Waals surface area (Å²) in [5.74, 6) is -1.17. The first-order valence-corrected chi connectivity index (χ1v) is 5.91. The maximum atomic E-state index is 11.2. The molecule has 0 saturated heterocycles. The predicted molar refractivity (Wildman–Crippen MR) is 52.1 cm³/mol. The van der Waals surface area contributed by atoms with Gasteiger partial charge < -0.3 is 5.11 Å². The van der Waals surface area contributed by atoms with E-state index in [1.165, 1.54) is 0 Å². The van der Waals surface area contributed by atoms with E-state index in [1.807, 2.05) is 11.6 Å². The highest BCUT2D eigenvalue weighted by molar-refractivity contribution is 7.87. The van der Waals surface area contributed by atoms with E-state index in [2.05, 4.69) is 4.72 Å². The molecule has 0 fully saturated rings. The number of rotatable bonds is 7. The first kappa shape index (κ1) is 13.3. The van der Waals surface area contributed by atoms with E-state index >= 15 is 0 Å². The van der Waals surface area contributed by atoms with Gasteiger partial charge in [-0.3, -0.25) is 4.79 Å². The quantitative estimate of drug-likeness (QED) is 0.552. The van der Waals surface area contributed by atoms with Crippen LogP contribution in [0.4, 0.5) is 0 Å². The molecule has 0 bridgehead atoms. The van der Waals surface area contributed by atoms with Gasteiger partial charge in [-0.25, -0.2) is 4.72 Å². The summed E-state index contributed by atoms with van der Waals surface area (Å²) in [6.07, 6.45) is 0.868. The average Bonchev–Trinajstić information content (AvgIpc) is 2.10. The van der Waals surface area contributed by atoms with Crippen molar-refractivity contribution in [2.75, 3.05) is 6.54 Å². The van der Waals surface area contributed by atoms with Crippen LogP contribution in [0.25, 0.3) is 0 Å². The van der Waals surface area contributed by atoms with Crippen molar-refractivity contribution in [2.45, 2.75) is 32.7 Å². The molecule has 0 saturated carbocycles. The zero-order valence-corrected chi connectivity index (χ0v) is 9.10. The van der Waals surface area contributed by atoms with Gasteiger partial charge in [0, 0.05) is 6.54 Å². The molecular formula is C7H16N2O4S. The molecule has 0 radical (unpaired) electrons. The lowest BCUT2D eigenvalue weighted by atomic mass is 10.2. The van der Waals surface area contributed by atoms with Gasteiger partial charge in [0.2, 0.25) is 0 Å². The van der Waals surface area contributed by atoms with Crippen LogP contribution in [0.2, 0.25) is 0 Å². The third-order valence-corrected chi connectivity index (χ3v) is 2.72. The second kappa shape index (κ2) is 5.94. The van der Waals surface area contributed by atoms with Crippen LogP contribution < -0.4 is 9.44 Å². The first-order chi connectivity index (χ1) is 6.43. The minimum Gasteiger partial charge on any atom is -0.480 e. The number of carboxylic acid groups (broad SMARTS) is 1. The maximum absolute atomic E-state index is 11.2.